The van der Waals surface area contributed by atoms with E-state index in [9.17, 15) is 0 Å². The first-order valence-corrected chi connectivity index (χ1v) is 6.39. The highest BCUT2D eigenvalue weighted by Gasteiger charge is 2.26. The Morgan fingerprint density at radius 3 is 2.27 bits per heavy atom. The number of nitrogens with two attached hydrogens (primary N) is 1. The molecule has 0 saturated heterocycles. The van der Waals surface area contributed by atoms with Crippen LogP contribution in [0.2, 0.25) is 0 Å². The molecule has 2 heteroatoms. The minimum atomic E-state index is 0.398. The largest absolute Gasteiger partial charge is 0.271 e. The van der Waals surface area contributed by atoms with Crippen LogP contribution in [-0.2, 0) is 0 Å². The molecule has 0 aromatic carbocycles. The molecule has 0 heterocycles. The van der Waals surface area contributed by atoms with E-state index in [1.54, 1.807) is 0 Å². The lowest BCUT2D eigenvalue weighted by molar-refractivity contribution is 0.191. The molecule has 0 radical (unpaired) electrons. The Hall–Kier alpha value is -0.0800. The van der Waals surface area contributed by atoms with E-state index in [0.29, 0.717) is 11.5 Å². The van der Waals surface area contributed by atoms with Crippen LogP contribution in [0.15, 0.2) is 0 Å². The third-order valence-electron chi connectivity index (χ3n) is 4.19. The van der Waals surface area contributed by atoms with Gasteiger partial charge in [-0.25, -0.2) is 0 Å². The van der Waals surface area contributed by atoms with Crippen LogP contribution in [0.1, 0.15) is 59.8 Å². The molecule has 0 bridgehead atoms. The van der Waals surface area contributed by atoms with E-state index in [1.807, 2.05) is 0 Å². The molecule has 1 rings (SSSR count). The number of rotatable bonds is 5. The molecule has 0 spiro atoms. The van der Waals surface area contributed by atoms with E-state index in [4.69, 9.17) is 5.84 Å². The molecule has 0 aromatic heterocycles. The van der Waals surface area contributed by atoms with Crippen molar-refractivity contribution in [3.8, 4) is 0 Å². The Labute approximate surface area is 95.0 Å². The van der Waals surface area contributed by atoms with E-state index >= 15 is 0 Å². The van der Waals surface area contributed by atoms with Crippen molar-refractivity contribution in [2.75, 3.05) is 0 Å². The average Bonchev–Trinajstić information content (AvgIpc) is 2.06. The second-order valence-corrected chi connectivity index (χ2v) is 6.40. The summed E-state index contributed by atoms with van der Waals surface area (Å²) < 4.78 is 0. The minimum absolute atomic E-state index is 0.398. The van der Waals surface area contributed by atoms with Crippen LogP contribution in [0.4, 0.5) is 0 Å². The maximum Gasteiger partial charge on any atom is 0.0215 e. The second kappa shape index (κ2) is 5.31. The van der Waals surface area contributed by atoms with Crippen molar-refractivity contribution in [1.82, 2.24) is 5.43 Å². The molecule has 3 N–H and O–H groups in total. The van der Waals surface area contributed by atoms with Gasteiger partial charge in [0, 0.05) is 6.04 Å². The Morgan fingerprint density at radius 1 is 1.33 bits per heavy atom. The quantitative estimate of drug-likeness (QED) is 0.543. The van der Waals surface area contributed by atoms with Gasteiger partial charge in [0.05, 0.1) is 0 Å². The van der Waals surface area contributed by atoms with Crippen molar-refractivity contribution in [3.63, 3.8) is 0 Å². The van der Waals surface area contributed by atoms with Crippen molar-refractivity contribution in [3.05, 3.63) is 0 Å². The highest BCUT2D eigenvalue weighted by Crippen LogP contribution is 2.34. The van der Waals surface area contributed by atoms with E-state index in [-0.39, 0.29) is 0 Å². The highest BCUT2D eigenvalue weighted by atomic mass is 15.2. The summed E-state index contributed by atoms with van der Waals surface area (Å²) in [4.78, 5) is 0. The third kappa shape index (κ3) is 4.12. The molecule has 0 amide bonds. The first-order valence-electron chi connectivity index (χ1n) is 6.39. The van der Waals surface area contributed by atoms with E-state index < -0.39 is 0 Å². The molecule has 15 heavy (non-hydrogen) atoms. The fourth-order valence-electron chi connectivity index (χ4n) is 2.14. The van der Waals surface area contributed by atoms with Gasteiger partial charge in [0.1, 0.15) is 0 Å². The Kier molecular flexibility index (Phi) is 4.60. The van der Waals surface area contributed by atoms with Gasteiger partial charge < -0.3 is 0 Å². The van der Waals surface area contributed by atoms with E-state index in [2.05, 4.69) is 33.1 Å². The summed E-state index contributed by atoms with van der Waals surface area (Å²) in [5.41, 5.74) is 3.40. The van der Waals surface area contributed by atoms with Gasteiger partial charge in [-0.05, 0) is 30.1 Å². The molecule has 1 fully saturated rings. The first-order chi connectivity index (χ1) is 6.93. The number of hydrazine groups is 1. The molecule has 1 aliphatic carbocycles. The van der Waals surface area contributed by atoms with E-state index in [0.717, 1.165) is 11.8 Å². The van der Waals surface area contributed by atoms with Crippen LogP contribution in [-0.4, -0.2) is 6.04 Å². The topological polar surface area (TPSA) is 38.0 Å². The standard InChI is InChI=1S/C13H28N2/c1-10(13(2,3)4)8-12(15-14)9-11-6-5-7-11/h10-12,15H,5-9,14H2,1-4H3. The maximum absolute atomic E-state index is 5.64. The second-order valence-electron chi connectivity index (χ2n) is 6.40. The van der Waals surface area contributed by atoms with Crippen molar-refractivity contribution < 1.29 is 0 Å². The molecular formula is C13H28N2. The lowest BCUT2D eigenvalue weighted by Crippen LogP contribution is -2.40. The van der Waals surface area contributed by atoms with Crippen molar-refractivity contribution >= 4 is 0 Å². The summed E-state index contributed by atoms with van der Waals surface area (Å²) in [6, 6.07) is 0.518. The Balaban J connectivity index is 2.31. The molecule has 2 unspecified atom stereocenters. The fraction of sp³-hybridized carbons (Fsp3) is 1.00. The van der Waals surface area contributed by atoms with Crippen molar-refractivity contribution in [2.45, 2.75) is 65.8 Å². The van der Waals surface area contributed by atoms with E-state index in [1.165, 1.54) is 32.1 Å². The number of hydrogen-bond acceptors (Lipinski definition) is 2. The number of nitrogens with one attached hydrogen (secondary N) is 1. The normalized spacial score (nSPS) is 22.2. The van der Waals surface area contributed by atoms with Crippen molar-refractivity contribution in [1.29, 1.82) is 0 Å². The summed E-state index contributed by atoms with van der Waals surface area (Å²) >= 11 is 0. The molecule has 2 nitrogen and oxygen atoms in total. The summed E-state index contributed by atoms with van der Waals surface area (Å²) in [5, 5.41) is 0. The predicted octanol–water partition coefficient (Wildman–Crippen LogP) is 3.08. The van der Waals surface area contributed by atoms with Gasteiger partial charge >= 0.3 is 0 Å². The Morgan fingerprint density at radius 2 is 1.93 bits per heavy atom. The first kappa shape index (κ1) is 13.0. The molecule has 1 saturated carbocycles. The summed E-state index contributed by atoms with van der Waals surface area (Å²) in [6.07, 6.45) is 6.74. The van der Waals surface area contributed by atoms with Gasteiger partial charge in [-0.1, -0.05) is 47.0 Å². The van der Waals surface area contributed by atoms with Crippen LogP contribution >= 0.6 is 0 Å². The third-order valence-corrected chi connectivity index (χ3v) is 4.19. The van der Waals surface area contributed by atoms with Gasteiger partial charge in [-0.2, -0.15) is 0 Å². The predicted molar refractivity (Wildman–Crippen MR) is 66.3 cm³/mol. The van der Waals surface area contributed by atoms with Crippen molar-refractivity contribution in [2.24, 2.45) is 23.1 Å². The van der Waals surface area contributed by atoms with Gasteiger partial charge in [0.15, 0.2) is 0 Å². The Bertz CT molecular complexity index is 179. The minimum Gasteiger partial charge on any atom is -0.271 e. The van der Waals surface area contributed by atoms with Crippen LogP contribution in [0.25, 0.3) is 0 Å². The molecule has 90 valence electrons. The average molecular weight is 212 g/mol. The summed E-state index contributed by atoms with van der Waals surface area (Å²) in [6.45, 7) is 9.28. The highest BCUT2D eigenvalue weighted by molar-refractivity contribution is 4.80. The fourth-order valence-corrected chi connectivity index (χ4v) is 2.14. The van der Waals surface area contributed by atoms with Gasteiger partial charge in [-0.15, -0.1) is 0 Å². The van der Waals surface area contributed by atoms with Gasteiger partial charge in [0.25, 0.3) is 0 Å². The zero-order valence-corrected chi connectivity index (χ0v) is 10.8. The van der Waals surface area contributed by atoms with Crippen LogP contribution in [0.5, 0.6) is 0 Å². The molecule has 0 aliphatic heterocycles. The molecular weight excluding hydrogens is 184 g/mol. The molecule has 0 aromatic rings. The van der Waals surface area contributed by atoms with Crippen LogP contribution in [0.3, 0.4) is 0 Å². The zero-order chi connectivity index (χ0) is 11.5. The SMILES string of the molecule is CC(CC(CC1CCC1)NN)C(C)(C)C. The lowest BCUT2D eigenvalue weighted by Gasteiger charge is -2.34. The van der Waals surface area contributed by atoms with Crippen LogP contribution < -0.4 is 11.3 Å². The lowest BCUT2D eigenvalue weighted by atomic mass is 9.75. The maximum atomic E-state index is 5.64. The van der Waals surface area contributed by atoms with Crippen LogP contribution in [0, 0.1) is 17.3 Å². The zero-order valence-electron chi connectivity index (χ0n) is 10.8. The summed E-state index contributed by atoms with van der Waals surface area (Å²) in [7, 11) is 0. The van der Waals surface area contributed by atoms with Gasteiger partial charge in [-0.3, -0.25) is 11.3 Å². The summed E-state index contributed by atoms with van der Waals surface area (Å²) in [5.74, 6) is 7.31. The number of hydrogen-bond donors (Lipinski definition) is 2. The molecule has 1 aliphatic rings. The van der Waals surface area contributed by atoms with Gasteiger partial charge in [0.2, 0.25) is 0 Å². The smallest absolute Gasteiger partial charge is 0.0215 e. The monoisotopic (exact) mass is 212 g/mol. The molecule has 2 atom stereocenters.